The second-order valence-corrected chi connectivity index (χ2v) is 10.3. The van der Waals surface area contributed by atoms with Gasteiger partial charge in [-0.2, -0.15) is 0 Å². The first-order chi connectivity index (χ1) is 16.5. The van der Waals surface area contributed by atoms with Crippen molar-refractivity contribution >= 4 is 23.3 Å². The van der Waals surface area contributed by atoms with E-state index in [1.165, 1.54) is 31.3 Å². The molecule has 6 nitrogen and oxygen atoms in total. The maximum atomic E-state index is 13.0. The first-order valence-corrected chi connectivity index (χ1v) is 13.4. The van der Waals surface area contributed by atoms with Crippen molar-refractivity contribution in [2.45, 2.75) is 63.8 Å². The summed E-state index contributed by atoms with van der Waals surface area (Å²) >= 11 is 1.56. The summed E-state index contributed by atoms with van der Waals surface area (Å²) in [6.07, 6.45) is 10.0. The number of allylic oxidation sites excluding steroid dienone is 1. The topological polar surface area (TPSA) is 65.5 Å². The zero-order chi connectivity index (χ0) is 23.9. The van der Waals surface area contributed by atoms with Crippen LogP contribution in [0.15, 0.2) is 47.4 Å². The number of urea groups is 1. The summed E-state index contributed by atoms with van der Waals surface area (Å²) in [6, 6.07) is 10.1. The van der Waals surface area contributed by atoms with Gasteiger partial charge >= 0.3 is 6.03 Å². The lowest BCUT2D eigenvalue weighted by atomic mass is 9.97. The molecule has 34 heavy (non-hydrogen) atoms. The van der Waals surface area contributed by atoms with Gasteiger partial charge in [0.05, 0.1) is 11.0 Å². The fraction of sp³-hybridized carbons (Fsp3) is 0.519. The number of amides is 3. The van der Waals surface area contributed by atoms with Crippen molar-refractivity contribution in [1.29, 1.82) is 0 Å². The van der Waals surface area contributed by atoms with Crippen molar-refractivity contribution in [3.05, 3.63) is 63.6 Å². The molecule has 1 atom stereocenters. The number of nitrogens with zero attached hydrogens (tertiary/aromatic N) is 3. The molecule has 0 bridgehead atoms. The minimum Gasteiger partial charge on any atom is -0.338 e. The highest BCUT2D eigenvalue weighted by Gasteiger charge is 2.27. The highest BCUT2D eigenvalue weighted by molar-refractivity contribution is 7.09. The van der Waals surface area contributed by atoms with Crippen LogP contribution in [0.5, 0.6) is 0 Å². The number of likely N-dealkylation sites (tertiary alicyclic amines) is 1. The first-order valence-electron chi connectivity index (χ1n) is 12.5. The summed E-state index contributed by atoms with van der Waals surface area (Å²) in [5.74, 6) is 0.253. The summed E-state index contributed by atoms with van der Waals surface area (Å²) in [4.78, 5) is 34.0. The third-order valence-corrected chi connectivity index (χ3v) is 8.17. The molecule has 3 amide bonds. The van der Waals surface area contributed by atoms with Crippen LogP contribution < -0.4 is 5.32 Å². The second kappa shape index (κ2) is 11.6. The van der Waals surface area contributed by atoms with Crippen LogP contribution in [-0.2, 0) is 0 Å². The molecule has 1 N–H and O–H groups in total. The quantitative estimate of drug-likeness (QED) is 0.513. The van der Waals surface area contributed by atoms with Crippen LogP contribution in [0.4, 0.5) is 4.79 Å². The molecule has 1 saturated heterocycles. The monoisotopic (exact) mass is 480 g/mol. The largest absolute Gasteiger partial charge is 0.338 e. The lowest BCUT2D eigenvalue weighted by Crippen LogP contribution is -2.44. The van der Waals surface area contributed by atoms with E-state index >= 15 is 0 Å². The van der Waals surface area contributed by atoms with Crippen LogP contribution in [0.25, 0.3) is 0 Å². The Labute approximate surface area is 207 Å². The number of hydrogen-bond acceptors (Lipinski definition) is 4. The summed E-state index contributed by atoms with van der Waals surface area (Å²) in [5, 5.41) is 5.98. The molecule has 182 valence electrons. The van der Waals surface area contributed by atoms with E-state index in [4.69, 9.17) is 4.98 Å². The average Bonchev–Trinajstić information content (AvgIpc) is 3.39. The Morgan fingerprint density at radius 3 is 2.68 bits per heavy atom. The molecule has 1 aliphatic heterocycles. The lowest BCUT2D eigenvalue weighted by molar-refractivity contribution is 0.0737. The van der Waals surface area contributed by atoms with Gasteiger partial charge in [-0.3, -0.25) is 4.79 Å². The normalized spacial score (nSPS) is 17.7. The van der Waals surface area contributed by atoms with E-state index in [-0.39, 0.29) is 18.0 Å². The number of carbonyl (C=O) groups is 2. The zero-order valence-electron chi connectivity index (χ0n) is 20.3. The molecule has 2 heterocycles. The maximum Gasteiger partial charge on any atom is 0.317 e. The smallest absolute Gasteiger partial charge is 0.317 e. The minimum atomic E-state index is -0.0521. The number of rotatable bonds is 7. The molecule has 1 unspecified atom stereocenters. The molecule has 1 fully saturated rings. The molecule has 1 aliphatic carbocycles. The molecule has 2 aromatic rings. The van der Waals surface area contributed by atoms with E-state index in [2.05, 4.69) is 11.4 Å². The van der Waals surface area contributed by atoms with Gasteiger partial charge in [-0.25, -0.2) is 9.78 Å². The molecule has 0 saturated carbocycles. The fourth-order valence-corrected chi connectivity index (χ4v) is 5.75. The van der Waals surface area contributed by atoms with Crippen LogP contribution in [0, 0.1) is 0 Å². The highest BCUT2D eigenvalue weighted by Crippen LogP contribution is 2.31. The molecule has 0 radical (unpaired) electrons. The summed E-state index contributed by atoms with van der Waals surface area (Å²) in [6.45, 7) is 4.21. The Morgan fingerprint density at radius 2 is 1.97 bits per heavy atom. The molecular weight excluding hydrogens is 444 g/mol. The van der Waals surface area contributed by atoms with Gasteiger partial charge in [-0.1, -0.05) is 42.0 Å². The number of benzene rings is 1. The molecular formula is C27H36N4O2S. The first kappa shape index (κ1) is 24.5. The third-order valence-electron chi connectivity index (χ3n) is 7.16. The number of carbonyl (C=O) groups excluding carboxylic acids is 2. The second-order valence-electron chi connectivity index (χ2n) is 9.43. The molecule has 7 heteroatoms. The molecule has 2 aliphatic rings. The Kier molecular flexibility index (Phi) is 8.38. The number of nitrogens with one attached hydrogen (secondary N) is 1. The van der Waals surface area contributed by atoms with Gasteiger partial charge in [0, 0.05) is 38.0 Å². The van der Waals surface area contributed by atoms with E-state index in [1.807, 2.05) is 54.6 Å². The fourth-order valence-electron chi connectivity index (χ4n) is 4.79. The van der Waals surface area contributed by atoms with Crippen LogP contribution in [0.2, 0.25) is 0 Å². The number of thiazole rings is 1. The van der Waals surface area contributed by atoms with Crippen LogP contribution in [-0.4, -0.2) is 53.4 Å². The van der Waals surface area contributed by atoms with E-state index in [0.29, 0.717) is 11.6 Å². The molecule has 1 aromatic carbocycles. The van der Waals surface area contributed by atoms with Gasteiger partial charge in [0.25, 0.3) is 5.91 Å². The van der Waals surface area contributed by atoms with Crippen molar-refractivity contribution in [2.24, 2.45) is 0 Å². The minimum absolute atomic E-state index is 0.0185. The van der Waals surface area contributed by atoms with Gasteiger partial charge in [0.2, 0.25) is 0 Å². The van der Waals surface area contributed by atoms with Crippen molar-refractivity contribution in [2.75, 3.05) is 26.7 Å². The maximum absolute atomic E-state index is 13.0. The van der Waals surface area contributed by atoms with Crippen LogP contribution >= 0.6 is 11.3 Å². The summed E-state index contributed by atoms with van der Waals surface area (Å²) < 4.78 is 0. The van der Waals surface area contributed by atoms with Crippen molar-refractivity contribution < 1.29 is 9.59 Å². The Bertz CT molecular complexity index is 995. The Balaban J connectivity index is 1.25. The SMILES string of the molecule is CC(c1ccccc1)N(C)C(=O)c1csc(C2CCN(C(=O)NCCC3=CCCCC3)CC2)n1. The van der Waals surface area contributed by atoms with Crippen molar-refractivity contribution in [3.8, 4) is 0 Å². The van der Waals surface area contributed by atoms with Gasteiger partial charge in [0.15, 0.2) is 0 Å². The number of hydrogen-bond donors (Lipinski definition) is 1. The number of piperidine rings is 1. The van der Waals surface area contributed by atoms with Gasteiger partial charge < -0.3 is 15.1 Å². The van der Waals surface area contributed by atoms with E-state index < -0.39 is 0 Å². The predicted octanol–water partition coefficient (Wildman–Crippen LogP) is 5.76. The van der Waals surface area contributed by atoms with E-state index in [1.54, 1.807) is 16.2 Å². The Hall–Kier alpha value is -2.67. The zero-order valence-corrected chi connectivity index (χ0v) is 21.2. The lowest BCUT2D eigenvalue weighted by Gasteiger charge is -2.31. The standard InChI is InChI=1S/C27H36N4O2S/c1-20(22-11-7-4-8-12-22)30(2)26(32)24-19-34-25(29-24)23-14-17-31(18-15-23)27(33)28-16-13-21-9-5-3-6-10-21/h4,7-9,11-12,19-20,23H,3,5-6,10,13-18H2,1-2H3,(H,28,33). The molecule has 1 aromatic heterocycles. The van der Waals surface area contributed by atoms with E-state index in [0.717, 1.165) is 49.5 Å². The van der Waals surface area contributed by atoms with Crippen molar-refractivity contribution in [1.82, 2.24) is 20.1 Å². The molecule has 4 rings (SSSR count). The number of aromatic nitrogens is 1. The van der Waals surface area contributed by atoms with Crippen LogP contribution in [0.1, 0.15) is 84.9 Å². The highest BCUT2D eigenvalue weighted by atomic mass is 32.1. The Morgan fingerprint density at radius 1 is 1.21 bits per heavy atom. The van der Waals surface area contributed by atoms with Gasteiger partial charge in [0.1, 0.15) is 5.69 Å². The molecule has 0 spiro atoms. The van der Waals surface area contributed by atoms with Gasteiger partial charge in [-0.05, 0) is 57.4 Å². The van der Waals surface area contributed by atoms with E-state index in [9.17, 15) is 9.59 Å². The van der Waals surface area contributed by atoms with Gasteiger partial charge in [-0.15, -0.1) is 11.3 Å². The van der Waals surface area contributed by atoms with Crippen LogP contribution in [0.3, 0.4) is 0 Å². The summed E-state index contributed by atoms with van der Waals surface area (Å²) in [7, 11) is 1.83. The average molecular weight is 481 g/mol. The summed E-state index contributed by atoms with van der Waals surface area (Å²) in [5.41, 5.74) is 3.11. The van der Waals surface area contributed by atoms with Crippen molar-refractivity contribution in [3.63, 3.8) is 0 Å². The third kappa shape index (κ3) is 6.06. The predicted molar refractivity (Wildman–Crippen MR) is 137 cm³/mol.